The van der Waals surface area contributed by atoms with Gasteiger partial charge >= 0.3 is 0 Å². The molecule has 0 aliphatic rings. The topological polar surface area (TPSA) is 70.8 Å². The van der Waals surface area contributed by atoms with E-state index >= 15 is 0 Å². The first-order valence-electron chi connectivity index (χ1n) is 6.51. The first-order valence-corrected chi connectivity index (χ1v) is 6.51. The third-order valence-corrected chi connectivity index (χ3v) is 2.67. The molecule has 0 spiro atoms. The molecular weight excluding hydrogens is 252 g/mol. The number of anilines is 1. The van der Waals surface area contributed by atoms with E-state index in [0.29, 0.717) is 25.4 Å². The van der Waals surface area contributed by atoms with Crippen molar-refractivity contribution in [1.82, 2.24) is 10.2 Å². The van der Waals surface area contributed by atoms with E-state index < -0.39 is 0 Å². The van der Waals surface area contributed by atoms with Gasteiger partial charge in [0.15, 0.2) is 0 Å². The monoisotopic (exact) mass is 268 g/mol. The van der Waals surface area contributed by atoms with E-state index in [1.165, 1.54) is 0 Å². The average Bonchev–Trinajstić information content (AvgIpc) is 2.49. The molecular formula is C15H16N4O. The molecule has 0 atom stereocenters. The van der Waals surface area contributed by atoms with Crippen LogP contribution in [0.25, 0.3) is 11.3 Å². The summed E-state index contributed by atoms with van der Waals surface area (Å²) in [5, 5.41) is 19.7. The second kappa shape index (κ2) is 7.10. The van der Waals surface area contributed by atoms with Crippen LogP contribution in [-0.4, -0.2) is 23.3 Å². The van der Waals surface area contributed by atoms with Crippen molar-refractivity contribution in [3.05, 3.63) is 36.4 Å². The number of nitrogens with zero attached hydrogens (tertiary/aromatic N) is 3. The van der Waals surface area contributed by atoms with Crippen LogP contribution in [-0.2, 0) is 0 Å². The van der Waals surface area contributed by atoms with Crippen molar-refractivity contribution in [1.29, 1.82) is 5.26 Å². The van der Waals surface area contributed by atoms with E-state index in [4.69, 9.17) is 10.00 Å². The normalized spacial score (nSPS) is 9.80. The number of benzene rings is 1. The number of hydrogen-bond acceptors (Lipinski definition) is 5. The fraction of sp³-hybridized carbons (Fsp3) is 0.267. The number of ether oxygens (including phenoxy) is 1. The molecule has 20 heavy (non-hydrogen) atoms. The van der Waals surface area contributed by atoms with Crippen LogP contribution in [0.1, 0.15) is 13.3 Å². The number of aromatic nitrogens is 2. The van der Waals surface area contributed by atoms with Gasteiger partial charge in [0.05, 0.1) is 24.8 Å². The predicted molar refractivity (Wildman–Crippen MR) is 77.4 cm³/mol. The summed E-state index contributed by atoms with van der Waals surface area (Å²) in [7, 11) is 0. The van der Waals surface area contributed by atoms with Gasteiger partial charge in [0, 0.05) is 12.1 Å². The minimum atomic E-state index is 0.447. The number of nitriles is 1. The van der Waals surface area contributed by atoms with Gasteiger partial charge in [0.2, 0.25) is 0 Å². The first kappa shape index (κ1) is 13.8. The van der Waals surface area contributed by atoms with Gasteiger partial charge in [-0.1, -0.05) is 0 Å². The SMILES string of the molecule is CCOc1ccc(-c2ccc(NCCC#N)nn2)cc1. The van der Waals surface area contributed by atoms with E-state index in [-0.39, 0.29) is 0 Å². The van der Waals surface area contributed by atoms with Crippen molar-refractivity contribution in [2.45, 2.75) is 13.3 Å². The van der Waals surface area contributed by atoms with Gasteiger partial charge in [-0.05, 0) is 43.3 Å². The fourth-order valence-corrected chi connectivity index (χ4v) is 1.72. The number of hydrogen-bond donors (Lipinski definition) is 1. The van der Waals surface area contributed by atoms with Crippen LogP contribution in [0.15, 0.2) is 36.4 Å². The maximum atomic E-state index is 8.46. The third kappa shape index (κ3) is 3.69. The standard InChI is InChI=1S/C15H16N4O/c1-2-20-13-6-4-12(5-7-13)14-8-9-15(19-18-14)17-11-3-10-16/h4-9H,2-3,11H2,1H3,(H,17,19). The molecule has 0 saturated carbocycles. The molecule has 102 valence electrons. The summed E-state index contributed by atoms with van der Waals surface area (Å²) in [6.07, 6.45) is 0.447. The highest BCUT2D eigenvalue weighted by Crippen LogP contribution is 2.20. The number of rotatable bonds is 6. The van der Waals surface area contributed by atoms with Gasteiger partial charge in [-0.15, -0.1) is 10.2 Å². The smallest absolute Gasteiger partial charge is 0.148 e. The third-order valence-electron chi connectivity index (χ3n) is 2.67. The highest BCUT2D eigenvalue weighted by molar-refractivity contribution is 5.60. The lowest BCUT2D eigenvalue weighted by Gasteiger charge is -2.05. The Morgan fingerprint density at radius 1 is 1.15 bits per heavy atom. The summed E-state index contributed by atoms with van der Waals surface area (Å²) in [4.78, 5) is 0. The molecule has 5 heteroatoms. The Morgan fingerprint density at radius 3 is 2.55 bits per heavy atom. The van der Waals surface area contributed by atoms with E-state index in [2.05, 4.69) is 21.6 Å². The Hall–Kier alpha value is -2.61. The van der Waals surface area contributed by atoms with Crippen LogP contribution in [0.2, 0.25) is 0 Å². The molecule has 0 aliphatic heterocycles. The van der Waals surface area contributed by atoms with Gasteiger partial charge in [-0.25, -0.2) is 0 Å². The van der Waals surface area contributed by atoms with Crippen molar-refractivity contribution in [2.75, 3.05) is 18.5 Å². The lowest BCUT2D eigenvalue weighted by Crippen LogP contribution is -2.03. The van der Waals surface area contributed by atoms with Gasteiger partial charge in [-0.3, -0.25) is 0 Å². The molecule has 0 unspecified atom stereocenters. The average molecular weight is 268 g/mol. The van der Waals surface area contributed by atoms with Crippen molar-refractivity contribution in [3.63, 3.8) is 0 Å². The van der Waals surface area contributed by atoms with Crippen LogP contribution < -0.4 is 10.1 Å². The van der Waals surface area contributed by atoms with E-state index in [1.807, 2.05) is 43.3 Å². The van der Waals surface area contributed by atoms with Crippen molar-refractivity contribution in [3.8, 4) is 23.1 Å². The summed E-state index contributed by atoms with van der Waals surface area (Å²) in [5.74, 6) is 1.52. The Morgan fingerprint density at radius 2 is 1.95 bits per heavy atom. The second-order valence-corrected chi connectivity index (χ2v) is 4.10. The lowest BCUT2D eigenvalue weighted by atomic mass is 10.1. The second-order valence-electron chi connectivity index (χ2n) is 4.10. The van der Waals surface area contributed by atoms with Gasteiger partial charge in [0.25, 0.3) is 0 Å². The summed E-state index contributed by atoms with van der Waals surface area (Å²) in [5.41, 5.74) is 1.79. The molecule has 0 aliphatic carbocycles. The molecule has 0 radical (unpaired) electrons. The van der Waals surface area contributed by atoms with E-state index in [0.717, 1.165) is 17.0 Å². The Kier molecular flexibility index (Phi) is 4.90. The highest BCUT2D eigenvalue weighted by atomic mass is 16.5. The maximum absolute atomic E-state index is 8.46. The molecule has 1 aromatic heterocycles. The molecule has 1 aromatic carbocycles. The van der Waals surface area contributed by atoms with Crippen LogP contribution in [0, 0.1) is 11.3 Å². The highest BCUT2D eigenvalue weighted by Gasteiger charge is 2.01. The minimum Gasteiger partial charge on any atom is -0.494 e. The molecule has 0 bridgehead atoms. The zero-order valence-electron chi connectivity index (χ0n) is 11.3. The first-order chi connectivity index (χ1) is 9.83. The van der Waals surface area contributed by atoms with Crippen molar-refractivity contribution < 1.29 is 4.74 Å². The summed E-state index contributed by atoms with van der Waals surface area (Å²) < 4.78 is 5.40. The largest absolute Gasteiger partial charge is 0.494 e. The Balaban J connectivity index is 2.03. The van der Waals surface area contributed by atoms with Gasteiger partial charge in [0.1, 0.15) is 11.6 Å². The molecule has 0 amide bonds. The number of nitrogens with one attached hydrogen (secondary N) is 1. The van der Waals surface area contributed by atoms with Crippen LogP contribution in [0.5, 0.6) is 5.75 Å². The van der Waals surface area contributed by atoms with Gasteiger partial charge in [-0.2, -0.15) is 5.26 Å². The molecule has 5 nitrogen and oxygen atoms in total. The molecule has 0 saturated heterocycles. The molecule has 1 N–H and O–H groups in total. The lowest BCUT2D eigenvalue weighted by molar-refractivity contribution is 0.340. The van der Waals surface area contributed by atoms with Crippen LogP contribution >= 0.6 is 0 Å². The van der Waals surface area contributed by atoms with Gasteiger partial charge < -0.3 is 10.1 Å². The van der Waals surface area contributed by atoms with E-state index in [1.54, 1.807) is 0 Å². The quantitative estimate of drug-likeness (QED) is 0.816. The Labute approximate surface area is 118 Å². The van der Waals surface area contributed by atoms with Crippen molar-refractivity contribution in [2.24, 2.45) is 0 Å². The van der Waals surface area contributed by atoms with Crippen molar-refractivity contribution >= 4 is 5.82 Å². The van der Waals surface area contributed by atoms with Crippen LogP contribution in [0.4, 0.5) is 5.82 Å². The summed E-state index contributed by atoms with van der Waals surface area (Å²) in [6, 6.07) is 13.6. The zero-order chi connectivity index (χ0) is 14.2. The summed E-state index contributed by atoms with van der Waals surface area (Å²) >= 11 is 0. The van der Waals surface area contributed by atoms with E-state index in [9.17, 15) is 0 Å². The maximum Gasteiger partial charge on any atom is 0.148 e. The molecule has 1 heterocycles. The molecule has 2 rings (SSSR count). The van der Waals surface area contributed by atoms with Crippen LogP contribution in [0.3, 0.4) is 0 Å². The fourth-order valence-electron chi connectivity index (χ4n) is 1.72. The Bertz CT molecular complexity index is 572. The summed E-state index contributed by atoms with van der Waals surface area (Å²) in [6.45, 7) is 3.19. The molecule has 2 aromatic rings. The molecule has 0 fully saturated rings. The predicted octanol–water partition coefficient (Wildman–Crippen LogP) is 2.87. The minimum absolute atomic E-state index is 0.447. The zero-order valence-corrected chi connectivity index (χ0v) is 11.3.